The summed E-state index contributed by atoms with van der Waals surface area (Å²) in [4.78, 5) is 22.5. The third kappa shape index (κ3) is 2.29. The van der Waals surface area contributed by atoms with E-state index >= 15 is 0 Å². The SMILES string of the molecule is CO[C@]1(C)CC=CC(C=O)=C1c1ccccc1C=O. The molecule has 0 radical (unpaired) electrons. The van der Waals surface area contributed by atoms with Gasteiger partial charge in [0.2, 0.25) is 0 Å². The number of hydrogen-bond acceptors (Lipinski definition) is 3. The molecule has 0 aliphatic heterocycles. The Morgan fingerprint density at radius 3 is 2.58 bits per heavy atom. The van der Waals surface area contributed by atoms with Gasteiger partial charge in [-0.2, -0.15) is 0 Å². The standard InChI is InChI=1S/C16H16O3/c1-16(19-2)9-5-7-13(11-18)15(16)14-8-4-3-6-12(14)10-17/h3-8,10-11H,9H2,1-2H3/t16-/m1/s1. The fraction of sp³-hybridized carbons (Fsp3) is 0.250. The Balaban J connectivity index is 2.72. The van der Waals surface area contributed by atoms with Gasteiger partial charge in [-0.1, -0.05) is 36.4 Å². The van der Waals surface area contributed by atoms with Gasteiger partial charge in [0.25, 0.3) is 0 Å². The minimum absolute atomic E-state index is 0.560. The number of aldehydes is 2. The number of hydrogen-bond donors (Lipinski definition) is 0. The van der Waals surface area contributed by atoms with Crippen molar-refractivity contribution >= 4 is 18.1 Å². The van der Waals surface area contributed by atoms with E-state index in [1.165, 1.54) is 0 Å². The molecule has 0 spiro atoms. The highest BCUT2D eigenvalue weighted by Gasteiger charge is 2.34. The molecule has 0 amide bonds. The Hall–Kier alpha value is -2.00. The summed E-state index contributed by atoms with van der Waals surface area (Å²) in [7, 11) is 1.62. The van der Waals surface area contributed by atoms with E-state index in [4.69, 9.17) is 4.74 Å². The maximum atomic E-state index is 11.3. The second-order valence-electron chi connectivity index (χ2n) is 4.69. The van der Waals surface area contributed by atoms with Gasteiger partial charge in [0.05, 0.1) is 5.60 Å². The molecule has 0 fully saturated rings. The van der Waals surface area contributed by atoms with Crippen molar-refractivity contribution in [1.82, 2.24) is 0 Å². The van der Waals surface area contributed by atoms with Crippen molar-refractivity contribution in [3.63, 3.8) is 0 Å². The van der Waals surface area contributed by atoms with Crippen LogP contribution in [0.15, 0.2) is 42.0 Å². The quantitative estimate of drug-likeness (QED) is 0.778. The van der Waals surface area contributed by atoms with E-state index < -0.39 is 5.60 Å². The van der Waals surface area contributed by atoms with Crippen LogP contribution in [0.3, 0.4) is 0 Å². The van der Waals surface area contributed by atoms with Gasteiger partial charge in [0.15, 0.2) is 6.29 Å². The Morgan fingerprint density at radius 2 is 1.95 bits per heavy atom. The van der Waals surface area contributed by atoms with Gasteiger partial charge in [-0.05, 0) is 18.9 Å². The number of rotatable bonds is 4. The molecule has 0 N–H and O–H groups in total. The second kappa shape index (κ2) is 5.33. The molecule has 0 saturated carbocycles. The van der Waals surface area contributed by atoms with E-state index in [2.05, 4.69) is 0 Å². The molecule has 1 aliphatic rings. The minimum Gasteiger partial charge on any atom is -0.373 e. The second-order valence-corrected chi connectivity index (χ2v) is 4.69. The summed E-state index contributed by atoms with van der Waals surface area (Å²) in [6.07, 6.45) is 5.98. The van der Waals surface area contributed by atoms with Crippen LogP contribution in [0.25, 0.3) is 5.57 Å². The molecule has 0 aromatic heterocycles. The van der Waals surface area contributed by atoms with Crippen LogP contribution < -0.4 is 0 Å². The van der Waals surface area contributed by atoms with Gasteiger partial charge in [0.1, 0.15) is 6.29 Å². The van der Waals surface area contributed by atoms with Crippen LogP contribution in [0.1, 0.15) is 29.3 Å². The first-order valence-corrected chi connectivity index (χ1v) is 6.12. The Labute approximate surface area is 112 Å². The zero-order valence-corrected chi connectivity index (χ0v) is 11.1. The van der Waals surface area contributed by atoms with Crippen LogP contribution in [0.4, 0.5) is 0 Å². The van der Waals surface area contributed by atoms with Crippen LogP contribution in [-0.4, -0.2) is 25.3 Å². The predicted molar refractivity (Wildman–Crippen MR) is 74.0 cm³/mol. The van der Waals surface area contributed by atoms with E-state index in [9.17, 15) is 9.59 Å². The molecule has 98 valence electrons. The summed E-state index contributed by atoms with van der Waals surface area (Å²) < 4.78 is 5.59. The van der Waals surface area contributed by atoms with Crippen LogP contribution in [0.2, 0.25) is 0 Å². The predicted octanol–water partition coefficient (Wildman–Crippen LogP) is 2.82. The molecule has 19 heavy (non-hydrogen) atoms. The number of ether oxygens (including phenoxy) is 1. The molecule has 1 atom stereocenters. The summed E-state index contributed by atoms with van der Waals surface area (Å²) in [6.45, 7) is 1.93. The molecule has 0 unspecified atom stereocenters. The number of allylic oxidation sites excluding steroid dienone is 2. The van der Waals surface area contributed by atoms with Crippen molar-refractivity contribution in [2.24, 2.45) is 0 Å². The molecular formula is C16H16O3. The van der Waals surface area contributed by atoms with Crippen molar-refractivity contribution in [3.8, 4) is 0 Å². The molecule has 3 nitrogen and oxygen atoms in total. The fourth-order valence-corrected chi connectivity index (χ4v) is 2.45. The number of methoxy groups -OCH3 is 1. The van der Waals surface area contributed by atoms with E-state index in [0.29, 0.717) is 17.6 Å². The van der Waals surface area contributed by atoms with Gasteiger partial charge in [-0.15, -0.1) is 0 Å². The van der Waals surface area contributed by atoms with Gasteiger partial charge in [-0.3, -0.25) is 9.59 Å². The van der Waals surface area contributed by atoms with E-state index in [0.717, 1.165) is 23.7 Å². The molecule has 1 aromatic carbocycles. The highest BCUT2D eigenvalue weighted by molar-refractivity contribution is 5.98. The van der Waals surface area contributed by atoms with Crippen LogP contribution in [0, 0.1) is 0 Å². The van der Waals surface area contributed by atoms with Crippen molar-refractivity contribution in [2.45, 2.75) is 18.9 Å². The number of carbonyl (C=O) groups excluding carboxylic acids is 2. The molecule has 0 bridgehead atoms. The summed E-state index contributed by atoms with van der Waals surface area (Å²) >= 11 is 0. The van der Waals surface area contributed by atoms with Gasteiger partial charge < -0.3 is 4.74 Å². The molecule has 0 saturated heterocycles. The lowest BCUT2D eigenvalue weighted by atomic mass is 9.79. The van der Waals surface area contributed by atoms with Crippen molar-refractivity contribution in [1.29, 1.82) is 0 Å². The normalized spacial score (nSPS) is 22.4. The Kier molecular flexibility index (Phi) is 3.76. The third-order valence-corrected chi connectivity index (χ3v) is 3.56. The lowest BCUT2D eigenvalue weighted by molar-refractivity contribution is -0.104. The molecule has 0 heterocycles. The maximum Gasteiger partial charge on any atom is 0.150 e. The third-order valence-electron chi connectivity index (χ3n) is 3.56. The van der Waals surface area contributed by atoms with Gasteiger partial charge >= 0.3 is 0 Å². The molecule has 1 aromatic rings. The first-order valence-electron chi connectivity index (χ1n) is 6.12. The van der Waals surface area contributed by atoms with Crippen molar-refractivity contribution in [3.05, 3.63) is 53.1 Å². The lowest BCUT2D eigenvalue weighted by Crippen LogP contribution is -2.31. The molecule has 2 rings (SSSR count). The monoisotopic (exact) mass is 256 g/mol. The summed E-state index contributed by atoms with van der Waals surface area (Å²) in [5.41, 5.74) is 2.06. The van der Waals surface area contributed by atoms with Crippen LogP contribution in [0.5, 0.6) is 0 Å². The summed E-state index contributed by atoms with van der Waals surface area (Å²) in [5, 5.41) is 0. The van der Waals surface area contributed by atoms with Crippen molar-refractivity contribution in [2.75, 3.05) is 7.11 Å². The largest absolute Gasteiger partial charge is 0.373 e. The highest BCUT2D eigenvalue weighted by Crippen LogP contribution is 2.39. The highest BCUT2D eigenvalue weighted by atomic mass is 16.5. The van der Waals surface area contributed by atoms with Gasteiger partial charge in [-0.25, -0.2) is 0 Å². The summed E-state index contributed by atoms with van der Waals surface area (Å²) in [5.74, 6) is 0. The Bertz CT molecular complexity index is 569. The van der Waals surface area contributed by atoms with Crippen molar-refractivity contribution < 1.29 is 14.3 Å². The van der Waals surface area contributed by atoms with E-state index in [1.54, 1.807) is 25.3 Å². The smallest absolute Gasteiger partial charge is 0.150 e. The average Bonchev–Trinajstić information content (AvgIpc) is 2.47. The molecule has 1 aliphatic carbocycles. The van der Waals surface area contributed by atoms with Crippen LogP contribution >= 0.6 is 0 Å². The lowest BCUT2D eigenvalue weighted by Gasteiger charge is -2.34. The zero-order chi connectivity index (χ0) is 13.9. The number of carbonyl (C=O) groups is 2. The summed E-state index contributed by atoms with van der Waals surface area (Å²) in [6, 6.07) is 7.24. The first kappa shape index (κ1) is 13.4. The zero-order valence-electron chi connectivity index (χ0n) is 11.1. The molecular weight excluding hydrogens is 240 g/mol. The maximum absolute atomic E-state index is 11.3. The Morgan fingerprint density at radius 1 is 1.21 bits per heavy atom. The van der Waals surface area contributed by atoms with Gasteiger partial charge in [0, 0.05) is 23.8 Å². The fourth-order valence-electron chi connectivity index (χ4n) is 2.45. The molecule has 3 heteroatoms. The minimum atomic E-state index is -0.593. The van der Waals surface area contributed by atoms with E-state index in [-0.39, 0.29) is 0 Å². The first-order chi connectivity index (χ1) is 9.16. The number of benzene rings is 1. The average molecular weight is 256 g/mol. The van der Waals surface area contributed by atoms with E-state index in [1.807, 2.05) is 25.1 Å². The van der Waals surface area contributed by atoms with Crippen LogP contribution in [-0.2, 0) is 9.53 Å². The topological polar surface area (TPSA) is 43.4 Å².